The predicted octanol–water partition coefficient (Wildman–Crippen LogP) is 12.5. The van der Waals surface area contributed by atoms with Crippen molar-refractivity contribution in [2.24, 2.45) is 0 Å². The minimum absolute atomic E-state index is 0.193. The van der Waals surface area contributed by atoms with E-state index in [9.17, 15) is 20.4 Å². The summed E-state index contributed by atoms with van der Waals surface area (Å²) in [6, 6.07) is 62.8. The maximum atomic E-state index is 11.2. The van der Waals surface area contributed by atoms with E-state index in [1.807, 2.05) is 146 Å². The minimum atomic E-state index is -0.223. The zero-order valence-electron chi connectivity index (χ0n) is 30.1. The number of phenols is 4. The fourth-order valence-electron chi connectivity index (χ4n) is 7.64. The Morgan fingerprint density at radius 3 is 0.709 bits per heavy atom. The SMILES string of the molecule is Oc1ccc(C(CC(c2ccc(O)c(-c3ccccc3)c2)c2ccc(O)c(-c3ccccc3)c2)c2ccc(O)c(-c3ccccc3)c2)cc1-c1ccccc1. The molecule has 0 bridgehead atoms. The number of aromatic hydroxyl groups is 4. The summed E-state index contributed by atoms with van der Waals surface area (Å²) < 4.78 is 0. The maximum absolute atomic E-state index is 11.2. The van der Waals surface area contributed by atoms with E-state index < -0.39 is 0 Å². The van der Waals surface area contributed by atoms with Gasteiger partial charge in [0.25, 0.3) is 0 Å². The molecule has 4 N–H and O–H groups in total. The fourth-order valence-corrected chi connectivity index (χ4v) is 7.64. The average molecular weight is 717 g/mol. The molecule has 268 valence electrons. The first-order chi connectivity index (χ1) is 26.9. The summed E-state index contributed by atoms with van der Waals surface area (Å²) in [7, 11) is 0. The summed E-state index contributed by atoms with van der Waals surface area (Å²) in [6.07, 6.45) is 0.579. The fraction of sp³-hybridized carbons (Fsp3) is 0.0588. The topological polar surface area (TPSA) is 80.9 Å². The van der Waals surface area contributed by atoms with Crippen LogP contribution >= 0.6 is 0 Å². The predicted molar refractivity (Wildman–Crippen MR) is 222 cm³/mol. The molecule has 0 spiro atoms. The lowest BCUT2D eigenvalue weighted by atomic mass is 9.76. The first kappa shape index (κ1) is 35.0. The Bertz CT molecular complexity index is 2190. The highest BCUT2D eigenvalue weighted by Crippen LogP contribution is 2.46. The van der Waals surface area contributed by atoms with Gasteiger partial charge in [0.1, 0.15) is 23.0 Å². The van der Waals surface area contributed by atoms with Crippen molar-refractivity contribution in [1.29, 1.82) is 0 Å². The van der Waals surface area contributed by atoms with Crippen LogP contribution in [0.25, 0.3) is 44.5 Å². The monoisotopic (exact) mass is 716 g/mol. The Balaban J connectivity index is 1.34. The van der Waals surface area contributed by atoms with Crippen molar-refractivity contribution in [3.8, 4) is 67.5 Å². The Morgan fingerprint density at radius 1 is 0.273 bits per heavy atom. The van der Waals surface area contributed by atoms with Gasteiger partial charge in [-0.2, -0.15) is 0 Å². The standard InChI is InChI=1S/C51H40O4/c52-48-25-21-38(29-44(48)34-13-5-1-6-14-34)42(39-22-26-49(53)45(30-39)35-15-7-2-8-16-35)33-43(40-23-27-50(54)46(31-40)36-17-9-3-10-18-36)41-24-28-51(55)47(32-41)37-19-11-4-12-20-37/h1-32,42-43,52-55H,33H2. The average Bonchev–Trinajstić information content (AvgIpc) is 3.24. The van der Waals surface area contributed by atoms with Crippen molar-refractivity contribution < 1.29 is 20.4 Å². The zero-order valence-corrected chi connectivity index (χ0v) is 30.1. The van der Waals surface area contributed by atoms with Gasteiger partial charge in [0, 0.05) is 34.1 Å². The molecule has 0 aliphatic carbocycles. The second-order valence-electron chi connectivity index (χ2n) is 13.9. The van der Waals surface area contributed by atoms with E-state index in [1.54, 1.807) is 24.3 Å². The normalized spacial score (nSPS) is 11.2. The molecule has 0 radical (unpaired) electrons. The molecule has 0 amide bonds. The first-order valence-corrected chi connectivity index (χ1v) is 18.5. The molecule has 8 aromatic rings. The lowest BCUT2D eigenvalue weighted by Gasteiger charge is -2.28. The number of hydrogen-bond donors (Lipinski definition) is 4. The van der Waals surface area contributed by atoms with E-state index in [0.717, 1.165) is 66.8 Å². The van der Waals surface area contributed by atoms with E-state index in [-0.39, 0.29) is 34.8 Å². The van der Waals surface area contributed by atoms with Crippen molar-refractivity contribution in [3.63, 3.8) is 0 Å². The van der Waals surface area contributed by atoms with Gasteiger partial charge in [-0.3, -0.25) is 0 Å². The van der Waals surface area contributed by atoms with Crippen LogP contribution in [0.3, 0.4) is 0 Å². The third-order valence-corrected chi connectivity index (χ3v) is 10.5. The molecule has 0 atom stereocenters. The molecule has 0 aliphatic heterocycles. The van der Waals surface area contributed by atoms with Crippen molar-refractivity contribution in [2.75, 3.05) is 0 Å². The van der Waals surface area contributed by atoms with Crippen LogP contribution in [0.1, 0.15) is 40.5 Å². The quantitative estimate of drug-likeness (QED) is 0.114. The van der Waals surface area contributed by atoms with Crippen LogP contribution in [0.5, 0.6) is 23.0 Å². The number of phenolic OH excluding ortho intramolecular Hbond substituents is 4. The Kier molecular flexibility index (Phi) is 9.88. The second kappa shape index (κ2) is 15.5. The van der Waals surface area contributed by atoms with Crippen molar-refractivity contribution >= 4 is 0 Å². The van der Waals surface area contributed by atoms with Crippen LogP contribution < -0.4 is 0 Å². The molecule has 8 aromatic carbocycles. The molecule has 0 unspecified atom stereocenters. The summed E-state index contributed by atoms with van der Waals surface area (Å²) >= 11 is 0. The van der Waals surface area contributed by atoms with Crippen LogP contribution in [0.15, 0.2) is 194 Å². The second-order valence-corrected chi connectivity index (χ2v) is 13.9. The van der Waals surface area contributed by atoms with Gasteiger partial charge in [0.05, 0.1) is 0 Å². The van der Waals surface area contributed by atoms with E-state index in [0.29, 0.717) is 6.42 Å². The number of rotatable bonds is 10. The minimum Gasteiger partial charge on any atom is -0.507 e. The van der Waals surface area contributed by atoms with E-state index in [4.69, 9.17) is 0 Å². The van der Waals surface area contributed by atoms with Gasteiger partial charge < -0.3 is 20.4 Å². The molecular weight excluding hydrogens is 677 g/mol. The molecule has 0 fully saturated rings. The van der Waals surface area contributed by atoms with Crippen LogP contribution in [-0.4, -0.2) is 20.4 Å². The Hall–Kier alpha value is -7.04. The largest absolute Gasteiger partial charge is 0.507 e. The Morgan fingerprint density at radius 2 is 0.491 bits per heavy atom. The molecule has 0 aliphatic rings. The molecule has 0 aromatic heterocycles. The first-order valence-electron chi connectivity index (χ1n) is 18.5. The van der Waals surface area contributed by atoms with Gasteiger partial charge in [-0.1, -0.05) is 146 Å². The summed E-state index contributed by atoms with van der Waals surface area (Å²) in [5.74, 6) is 0.324. The molecule has 0 saturated carbocycles. The van der Waals surface area contributed by atoms with Gasteiger partial charge in [-0.25, -0.2) is 0 Å². The summed E-state index contributed by atoms with van der Waals surface area (Å²) in [5.41, 5.74) is 10.5. The highest BCUT2D eigenvalue weighted by atomic mass is 16.3. The van der Waals surface area contributed by atoms with Crippen molar-refractivity contribution in [1.82, 2.24) is 0 Å². The number of hydrogen-bond acceptors (Lipinski definition) is 4. The lowest BCUT2D eigenvalue weighted by Crippen LogP contribution is -2.11. The zero-order chi connectivity index (χ0) is 37.7. The van der Waals surface area contributed by atoms with E-state index in [1.165, 1.54) is 0 Å². The lowest BCUT2D eigenvalue weighted by molar-refractivity contribution is 0.476. The van der Waals surface area contributed by atoms with Crippen LogP contribution in [0, 0.1) is 0 Å². The van der Waals surface area contributed by atoms with Crippen molar-refractivity contribution in [2.45, 2.75) is 18.3 Å². The highest BCUT2D eigenvalue weighted by molar-refractivity contribution is 5.75. The molecule has 0 saturated heterocycles. The van der Waals surface area contributed by atoms with Gasteiger partial charge in [-0.05, 0) is 99.5 Å². The van der Waals surface area contributed by atoms with Crippen molar-refractivity contribution in [3.05, 3.63) is 216 Å². The van der Waals surface area contributed by atoms with E-state index in [2.05, 4.69) is 24.3 Å². The van der Waals surface area contributed by atoms with Gasteiger partial charge in [0.15, 0.2) is 0 Å². The molecule has 8 rings (SSSR count). The third kappa shape index (κ3) is 7.44. The molecule has 55 heavy (non-hydrogen) atoms. The molecule has 4 heteroatoms. The molecular formula is C51H40O4. The highest BCUT2D eigenvalue weighted by Gasteiger charge is 2.27. The maximum Gasteiger partial charge on any atom is 0.123 e. The van der Waals surface area contributed by atoms with E-state index >= 15 is 0 Å². The van der Waals surface area contributed by atoms with Crippen LogP contribution in [-0.2, 0) is 0 Å². The Labute approximate surface area is 321 Å². The van der Waals surface area contributed by atoms with Gasteiger partial charge in [-0.15, -0.1) is 0 Å². The number of benzene rings is 8. The summed E-state index contributed by atoms with van der Waals surface area (Å²) in [5, 5.41) is 44.6. The van der Waals surface area contributed by atoms with Gasteiger partial charge >= 0.3 is 0 Å². The third-order valence-electron chi connectivity index (χ3n) is 10.5. The summed E-state index contributed by atoms with van der Waals surface area (Å²) in [6.45, 7) is 0. The van der Waals surface area contributed by atoms with Crippen LogP contribution in [0.4, 0.5) is 0 Å². The molecule has 0 heterocycles. The van der Waals surface area contributed by atoms with Crippen LogP contribution in [0.2, 0.25) is 0 Å². The smallest absolute Gasteiger partial charge is 0.123 e. The van der Waals surface area contributed by atoms with Gasteiger partial charge in [0.2, 0.25) is 0 Å². The summed E-state index contributed by atoms with van der Waals surface area (Å²) in [4.78, 5) is 0. The molecule has 4 nitrogen and oxygen atoms in total.